The van der Waals surface area contributed by atoms with Crippen molar-refractivity contribution in [2.24, 2.45) is 5.92 Å². The van der Waals surface area contributed by atoms with Gasteiger partial charge in [-0.1, -0.05) is 36.5 Å². The van der Waals surface area contributed by atoms with E-state index in [-0.39, 0.29) is 0 Å². The fraction of sp³-hybridized carbons (Fsp3) is 0.429. The lowest BCUT2D eigenvalue weighted by Crippen LogP contribution is -2.31. The molecule has 1 aliphatic heterocycles. The molecule has 3 rings (SSSR count). The SMILES string of the molecule is C1=C/C=C2/CC3CCNC3C/C2=C/C=C1. The first-order valence-corrected chi connectivity index (χ1v) is 5.90. The minimum absolute atomic E-state index is 0.741. The van der Waals surface area contributed by atoms with Crippen molar-refractivity contribution < 1.29 is 0 Å². The zero-order valence-electron chi connectivity index (χ0n) is 8.95. The Labute approximate surface area is 91.3 Å². The highest BCUT2D eigenvalue weighted by Gasteiger charge is 2.32. The number of fused-ring (bicyclic) bond motifs is 2. The Kier molecular flexibility index (Phi) is 2.34. The van der Waals surface area contributed by atoms with E-state index < -0.39 is 0 Å². The Balaban J connectivity index is 1.90. The Hall–Kier alpha value is -1.08. The molecule has 1 nitrogen and oxygen atoms in total. The molecule has 1 saturated heterocycles. The normalized spacial score (nSPS) is 40.5. The molecule has 0 bridgehead atoms. The second-order valence-corrected chi connectivity index (χ2v) is 4.67. The molecule has 2 fully saturated rings. The summed E-state index contributed by atoms with van der Waals surface area (Å²) in [4.78, 5) is 0. The fourth-order valence-corrected chi connectivity index (χ4v) is 2.91. The first-order valence-electron chi connectivity index (χ1n) is 5.90. The lowest BCUT2D eigenvalue weighted by molar-refractivity contribution is 0.415. The summed E-state index contributed by atoms with van der Waals surface area (Å²) in [6, 6.07) is 0.741. The third-order valence-corrected chi connectivity index (χ3v) is 3.75. The topological polar surface area (TPSA) is 12.0 Å². The molecule has 78 valence electrons. The van der Waals surface area contributed by atoms with Gasteiger partial charge in [-0.25, -0.2) is 0 Å². The summed E-state index contributed by atoms with van der Waals surface area (Å²) >= 11 is 0. The summed E-state index contributed by atoms with van der Waals surface area (Å²) in [5.74, 6) is 0.880. The van der Waals surface area contributed by atoms with E-state index in [0.29, 0.717) is 0 Å². The number of allylic oxidation sites excluding steroid dienone is 7. The van der Waals surface area contributed by atoms with Gasteiger partial charge < -0.3 is 5.32 Å². The fourth-order valence-electron chi connectivity index (χ4n) is 2.91. The van der Waals surface area contributed by atoms with Crippen molar-refractivity contribution in [1.82, 2.24) is 5.32 Å². The molecule has 1 heterocycles. The van der Waals surface area contributed by atoms with Crippen molar-refractivity contribution in [2.45, 2.75) is 25.3 Å². The molecule has 1 saturated carbocycles. The molecular formula is C14H17N. The molecule has 0 aromatic rings. The maximum absolute atomic E-state index is 3.62. The van der Waals surface area contributed by atoms with E-state index in [1.54, 1.807) is 5.57 Å². The minimum Gasteiger partial charge on any atom is -0.313 e. The Morgan fingerprint density at radius 2 is 1.67 bits per heavy atom. The van der Waals surface area contributed by atoms with E-state index >= 15 is 0 Å². The summed E-state index contributed by atoms with van der Waals surface area (Å²) in [5, 5.41) is 3.62. The summed E-state index contributed by atoms with van der Waals surface area (Å²) < 4.78 is 0. The van der Waals surface area contributed by atoms with Gasteiger partial charge >= 0.3 is 0 Å². The summed E-state index contributed by atoms with van der Waals surface area (Å²) in [6.45, 7) is 1.21. The molecule has 0 radical (unpaired) electrons. The van der Waals surface area contributed by atoms with Gasteiger partial charge in [0.1, 0.15) is 0 Å². The zero-order chi connectivity index (χ0) is 10.1. The van der Waals surface area contributed by atoms with Gasteiger partial charge in [-0.15, -0.1) is 0 Å². The molecule has 2 unspecified atom stereocenters. The van der Waals surface area contributed by atoms with Gasteiger partial charge in [0.15, 0.2) is 0 Å². The third kappa shape index (κ3) is 1.72. The van der Waals surface area contributed by atoms with Crippen LogP contribution in [0.4, 0.5) is 0 Å². The van der Waals surface area contributed by atoms with Crippen molar-refractivity contribution in [1.29, 1.82) is 0 Å². The average molecular weight is 199 g/mol. The standard InChI is InChI=1S/C14H17N/c1-2-4-6-12-10-14-13(7-8-15-14)9-11(12)5-3-1/h1-6,13-15H,7-10H2/b2-1?,3-1?,4-2?,5-3?,6-4?,11-5-,12-6-. The lowest BCUT2D eigenvalue weighted by atomic mass is 9.78. The van der Waals surface area contributed by atoms with Crippen LogP contribution < -0.4 is 5.32 Å². The van der Waals surface area contributed by atoms with Gasteiger partial charge in [-0.05, 0) is 42.9 Å². The van der Waals surface area contributed by atoms with Gasteiger partial charge in [0.25, 0.3) is 0 Å². The number of nitrogens with one attached hydrogen (secondary N) is 1. The monoisotopic (exact) mass is 199 g/mol. The van der Waals surface area contributed by atoms with E-state index in [1.165, 1.54) is 31.4 Å². The van der Waals surface area contributed by atoms with Crippen LogP contribution in [0.5, 0.6) is 0 Å². The number of hydrogen-bond acceptors (Lipinski definition) is 1. The Morgan fingerprint density at radius 3 is 2.47 bits per heavy atom. The Morgan fingerprint density at radius 1 is 0.933 bits per heavy atom. The van der Waals surface area contributed by atoms with Gasteiger partial charge in [0.05, 0.1) is 0 Å². The second kappa shape index (κ2) is 3.82. The molecule has 3 aliphatic rings. The van der Waals surface area contributed by atoms with Gasteiger partial charge in [0.2, 0.25) is 0 Å². The summed E-state index contributed by atoms with van der Waals surface area (Å²) in [6.07, 6.45) is 17.0. The van der Waals surface area contributed by atoms with Crippen LogP contribution in [0.25, 0.3) is 0 Å². The first-order chi connectivity index (χ1) is 7.43. The van der Waals surface area contributed by atoms with E-state index in [9.17, 15) is 0 Å². The molecule has 2 aliphatic carbocycles. The van der Waals surface area contributed by atoms with Crippen LogP contribution in [0, 0.1) is 5.92 Å². The van der Waals surface area contributed by atoms with Crippen LogP contribution in [0.15, 0.2) is 47.6 Å². The van der Waals surface area contributed by atoms with E-state index in [1.807, 2.05) is 0 Å². The third-order valence-electron chi connectivity index (χ3n) is 3.75. The van der Waals surface area contributed by atoms with Crippen molar-refractivity contribution in [3.05, 3.63) is 47.6 Å². The second-order valence-electron chi connectivity index (χ2n) is 4.67. The van der Waals surface area contributed by atoms with Crippen LogP contribution in [0.3, 0.4) is 0 Å². The predicted octanol–water partition coefficient (Wildman–Crippen LogP) is 2.74. The van der Waals surface area contributed by atoms with Gasteiger partial charge in [-0.3, -0.25) is 0 Å². The van der Waals surface area contributed by atoms with Crippen molar-refractivity contribution in [3.63, 3.8) is 0 Å². The average Bonchev–Trinajstić information content (AvgIpc) is 2.64. The van der Waals surface area contributed by atoms with Crippen LogP contribution in [-0.4, -0.2) is 12.6 Å². The van der Waals surface area contributed by atoms with Crippen LogP contribution >= 0.6 is 0 Å². The highest BCUT2D eigenvalue weighted by atomic mass is 15.0. The summed E-state index contributed by atoms with van der Waals surface area (Å²) in [5.41, 5.74) is 3.09. The van der Waals surface area contributed by atoms with Crippen LogP contribution in [0.2, 0.25) is 0 Å². The van der Waals surface area contributed by atoms with Crippen LogP contribution in [-0.2, 0) is 0 Å². The maximum Gasteiger partial charge on any atom is 0.0139 e. The lowest BCUT2D eigenvalue weighted by Gasteiger charge is -2.29. The molecule has 0 spiro atoms. The van der Waals surface area contributed by atoms with Crippen molar-refractivity contribution in [2.75, 3.05) is 6.54 Å². The smallest absolute Gasteiger partial charge is 0.0139 e. The Bertz CT molecular complexity index is 335. The zero-order valence-corrected chi connectivity index (χ0v) is 8.95. The predicted molar refractivity (Wildman–Crippen MR) is 63.6 cm³/mol. The molecular weight excluding hydrogens is 182 g/mol. The summed E-state index contributed by atoms with van der Waals surface area (Å²) in [7, 11) is 0. The molecule has 0 amide bonds. The molecule has 0 aromatic carbocycles. The molecule has 1 N–H and O–H groups in total. The van der Waals surface area contributed by atoms with Crippen molar-refractivity contribution >= 4 is 0 Å². The van der Waals surface area contributed by atoms with E-state index in [0.717, 1.165) is 12.0 Å². The molecule has 1 heteroatoms. The highest BCUT2D eigenvalue weighted by molar-refractivity contribution is 5.42. The van der Waals surface area contributed by atoms with E-state index in [4.69, 9.17) is 0 Å². The quantitative estimate of drug-likeness (QED) is 0.632. The molecule has 2 atom stereocenters. The highest BCUT2D eigenvalue weighted by Crippen LogP contribution is 2.37. The van der Waals surface area contributed by atoms with E-state index in [2.05, 4.69) is 41.8 Å². The number of rotatable bonds is 0. The molecule has 15 heavy (non-hydrogen) atoms. The van der Waals surface area contributed by atoms with Gasteiger partial charge in [0, 0.05) is 6.04 Å². The van der Waals surface area contributed by atoms with Crippen LogP contribution in [0.1, 0.15) is 19.3 Å². The minimum atomic E-state index is 0.741. The largest absolute Gasteiger partial charge is 0.313 e. The maximum atomic E-state index is 3.62. The molecule has 0 aromatic heterocycles. The van der Waals surface area contributed by atoms with Gasteiger partial charge in [-0.2, -0.15) is 0 Å². The first kappa shape index (κ1) is 9.17. The van der Waals surface area contributed by atoms with Crippen molar-refractivity contribution in [3.8, 4) is 0 Å². The number of hydrogen-bond donors (Lipinski definition) is 1.